The molecule has 4 rings (SSSR count). The predicted molar refractivity (Wildman–Crippen MR) is 104 cm³/mol. The Morgan fingerprint density at radius 3 is 2.33 bits per heavy atom. The molecule has 1 saturated heterocycles. The van der Waals surface area contributed by atoms with Crippen molar-refractivity contribution in [1.82, 2.24) is 9.62 Å². The lowest BCUT2D eigenvalue weighted by atomic mass is 9.93. The fraction of sp³-hybridized carbons (Fsp3) is 0.350. The first-order chi connectivity index (χ1) is 12.9. The van der Waals surface area contributed by atoms with Crippen molar-refractivity contribution in [2.24, 2.45) is 0 Å². The quantitative estimate of drug-likeness (QED) is 0.851. The van der Waals surface area contributed by atoms with Gasteiger partial charge in [-0.1, -0.05) is 31.2 Å². The van der Waals surface area contributed by atoms with Gasteiger partial charge in [0, 0.05) is 31.6 Å². The lowest BCUT2D eigenvalue weighted by Crippen LogP contribution is -2.62. The van der Waals surface area contributed by atoms with Crippen molar-refractivity contribution in [3.05, 3.63) is 59.7 Å². The Hall–Kier alpha value is -2.38. The number of carbonyl (C=O) groups excluding carboxylic acids is 1. The molecule has 0 aromatic heterocycles. The van der Waals surface area contributed by atoms with Crippen molar-refractivity contribution in [3.8, 4) is 0 Å². The predicted octanol–water partition coefficient (Wildman–Crippen LogP) is 2.59. The molecule has 2 aromatic rings. The number of anilines is 1. The van der Waals surface area contributed by atoms with Crippen molar-refractivity contribution < 1.29 is 13.2 Å². The van der Waals surface area contributed by atoms with Crippen LogP contribution in [0.25, 0.3) is 0 Å². The molecule has 7 heteroatoms. The number of piperidine rings is 1. The van der Waals surface area contributed by atoms with Gasteiger partial charge in [-0.2, -0.15) is 4.31 Å². The van der Waals surface area contributed by atoms with Gasteiger partial charge >= 0.3 is 0 Å². The van der Waals surface area contributed by atoms with E-state index in [1.54, 1.807) is 18.2 Å². The lowest BCUT2D eigenvalue weighted by molar-refractivity contribution is 0.0865. The van der Waals surface area contributed by atoms with Crippen LogP contribution in [0.4, 0.5) is 5.69 Å². The molecule has 0 atom stereocenters. The van der Waals surface area contributed by atoms with Gasteiger partial charge in [-0.15, -0.1) is 0 Å². The molecule has 0 unspecified atom stereocenters. The van der Waals surface area contributed by atoms with Crippen LogP contribution in [0.3, 0.4) is 0 Å². The normalized spacial score (nSPS) is 19.2. The molecular weight excluding hydrogens is 362 g/mol. The minimum absolute atomic E-state index is 0.115. The van der Waals surface area contributed by atoms with E-state index in [1.165, 1.54) is 4.31 Å². The fourth-order valence-corrected chi connectivity index (χ4v) is 5.21. The molecule has 0 aliphatic carbocycles. The third kappa shape index (κ3) is 3.21. The van der Waals surface area contributed by atoms with Gasteiger partial charge in [0.2, 0.25) is 10.0 Å². The number of para-hydroxylation sites is 1. The summed E-state index contributed by atoms with van der Waals surface area (Å²) in [4.78, 5) is 12.8. The SMILES string of the molecule is CCc1ccc(S(=O)(=O)N2CCC3(CC2)NC(=O)c2ccccc2N3)cc1. The summed E-state index contributed by atoms with van der Waals surface area (Å²) in [5.74, 6) is -0.115. The highest BCUT2D eigenvalue weighted by atomic mass is 32.2. The molecule has 27 heavy (non-hydrogen) atoms. The summed E-state index contributed by atoms with van der Waals surface area (Å²) in [5.41, 5.74) is 1.94. The Kier molecular flexibility index (Phi) is 4.44. The summed E-state index contributed by atoms with van der Waals surface area (Å²) in [5, 5.41) is 6.46. The van der Waals surface area contributed by atoms with Gasteiger partial charge in [-0.05, 0) is 36.2 Å². The number of sulfonamides is 1. The summed E-state index contributed by atoms with van der Waals surface area (Å²) >= 11 is 0. The van der Waals surface area contributed by atoms with Crippen LogP contribution in [-0.4, -0.2) is 37.4 Å². The molecule has 1 fully saturated rings. The Morgan fingerprint density at radius 1 is 1.00 bits per heavy atom. The number of aryl methyl sites for hydroxylation is 1. The van der Waals surface area contributed by atoms with E-state index in [0.29, 0.717) is 36.4 Å². The summed E-state index contributed by atoms with van der Waals surface area (Å²) < 4.78 is 27.4. The molecule has 2 aliphatic heterocycles. The molecule has 2 N–H and O–H groups in total. The third-order valence-corrected chi connectivity index (χ3v) is 7.36. The van der Waals surface area contributed by atoms with E-state index in [-0.39, 0.29) is 5.91 Å². The number of rotatable bonds is 3. The second kappa shape index (κ2) is 6.65. The Morgan fingerprint density at radius 2 is 1.67 bits per heavy atom. The standard InChI is InChI=1S/C20H23N3O3S/c1-2-15-7-9-16(10-8-15)27(25,26)23-13-11-20(12-14-23)21-18-6-4-3-5-17(18)19(24)22-20/h3-10,21H,2,11-14H2,1H3,(H,22,24). The first-order valence-electron chi connectivity index (χ1n) is 9.22. The zero-order valence-electron chi connectivity index (χ0n) is 15.2. The average Bonchev–Trinajstić information content (AvgIpc) is 2.68. The minimum Gasteiger partial charge on any atom is -0.362 e. The van der Waals surface area contributed by atoms with E-state index in [2.05, 4.69) is 10.6 Å². The van der Waals surface area contributed by atoms with Crippen LogP contribution >= 0.6 is 0 Å². The van der Waals surface area contributed by atoms with Gasteiger partial charge in [0.1, 0.15) is 5.66 Å². The first-order valence-corrected chi connectivity index (χ1v) is 10.7. The number of nitrogens with zero attached hydrogens (tertiary/aromatic N) is 1. The van der Waals surface area contributed by atoms with Crippen LogP contribution in [0, 0.1) is 0 Å². The van der Waals surface area contributed by atoms with Crippen LogP contribution < -0.4 is 10.6 Å². The Labute approximate surface area is 159 Å². The van der Waals surface area contributed by atoms with Gasteiger partial charge < -0.3 is 10.6 Å². The summed E-state index contributed by atoms with van der Waals surface area (Å²) in [6.45, 7) is 2.75. The number of fused-ring (bicyclic) bond motifs is 1. The second-order valence-corrected chi connectivity index (χ2v) is 9.05. The number of nitrogens with one attached hydrogen (secondary N) is 2. The Balaban J connectivity index is 1.51. The zero-order chi connectivity index (χ0) is 19.1. The fourth-order valence-electron chi connectivity index (χ4n) is 3.77. The number of hydrogen-bond acceptors (Lipinski definition) is 4. The van der Waals surface area contributed by atoms with Crippen molar-refractivity contribution >= 4 is 21.6 Å². The van der Waals surface area contributed by atoms with Gasteiger partial charge in [0.15, 0.2) is 0 Å². The molecule has 142 valence electrons. The minimum atomic E-state index is -3.52. The van der Waals surface area contributed by atoms with Crippen molar-refractivity contribution in [2.75, 3.05) is 18.4 Å². The van der Waals surface area contributed by atoms with Crippen LogP contribution in [-0.2, 0) is 16.4 Å². The molecule has 2 aromatic carbocycles. The van der Waals surface area contributed by atoms with Crippen LogP contribution in [0.2, 0.25) is 0 Å². The summed E-state index contributed by atoms with van der Waals surface area (Å²) in [7, 11) is -3.52. The van der Waals surface area contributed by atoms with Crippen LogP contribution in [0.1, 0.15) is 35.7 Å². The first kappa shape index (κ1) is 18.0. The highest BCUT2D eigenvalue weighted by molar-refractivity contribution is 7.89. The molecule has 1 spiro atoms. The van der Waals surface area contributed by atoms with E-state index in [1.807, 2.05) is 37.3 Å². The van der Waals surface area contributed by atoms with Gasteiger partial charge in [-0.3, -0.25) is 4.79 Å². The van der Waals surface area contributed by atoms with Gasteiger partial charge in [-0.25, -0.2) is 8.42 Å². The maximum absolute atomic E-state index is 12.9. The monoisotopic (exact) mass is 385 g/mol. The lowest BCUT2D eigenvalue weighted by Gasteiger charge is -2.45. The topological polar surface area (TPSA) is 78.5 Å². The van der Waals surface area contributed by atoms with E-state index < -0.39 is 15.7 Å². The summed E-state index contributed by atoms with van der Waals surface area (Å²) in [6, 6.07) is 14.5. The summed E-state index contributed by atoms with van der Waals surface area (Å²) in [6.07, 6.45) is 1.90. The van der Waals surface area contributed by atoms with Gasteiger partial charge in [0.05, 0.1) is 10.5 Å². The maximum Gasteiger partial charge on any atom is 0.255 e. The van der Waals surface area contributed by atoms with E-state index in [4.69, 9.17) is 0 Å². The van der Waals surface area contributed by atoms with Crippen molar-refractivity contribution in [1.29, 1.82) is 0 Å². The Bertz CT molecular complexity index is 962. The number of benzene rings is 2. The molecular formula is C20H23N3O3S. The second-order valence-electron chi connectivity index (χ2n) is 7.11. The smallest absolute Gasteiger partial charge is 0.255 e. The van der Waals surface area contributed by atoms with Gasteiger partial charge in [0.25, 0.3) is 5.91 Å². The highest BCUT2D eigenvalue weighted by Gasteiger charge is 2.42. The number of amides is 1. The molecule has 0 bridgehead atoms. The average molecular weight is 385 g/mol. The molecule has 0 saturated carbocycles. The molecule has 2 heterocycles. The van der Waals surface area contributed by atoms with Crippen molar-refractivity contribution in [3.63, 3.8) is 0 Å². The van der Waals surface area contributed by atoms with Crippen molar-refractivity contribution in [2.45, 2.75) is 36.7 Å². The third-order valence-electron chi connectivity index (χ3n) is 5.44. The highest BCUT2D eigenvalue weighted by Crippen LogP contribution is 2.32. The molecule has 1 amide bonds. The van der Waals surface area contributed by atoms with Crippen LogP contribution in [0.5, 0.6) is 0 Å². The molecule has 6 nitrogen and oxygen atoms in total. The molecule has 2 aliphatic rings. The van der Waals surface area contributed by atoms with E-state index >= 15 is 0 Å². The maximum atomic E-state index is 12.9. The molecule has 0 radical (unpaired) electrons. The number of hydrogen-bond donors (Lipinski definition) is 2. The zero-order valence-corrected chi connectivity index (χ0v) is 16.1. The van der Waals surface area contributed by atoms with E-state index in [0.717, 1.165) is 17.7 Å². The number of carbonyl (C=O) groups is 1. The van der Waals surface area contributed by atoms with E-state index in [9.17, 15) is 13.2 Å². The largest absolute Gasteiger partial charge is 0.362 e. The van der Waals surface area contributed by atoms with Crippen LogP contribution in [0.15, 0.2) is 53.4 Å².